The van der Waals surface area contributed by atoms with E-state index in [-0.39, 0.29) is 5.82 Å². The molecule has 0 aromatic heterocycles. The predicted octanol–water partition coefficient (Wildman–Crippen LogP) is 5.49. The number of rotatable bonds is 6. The fraction of sp³-hybridized carbons (Fsp3) is 0.294. The molecule has 0 heterocycles. The molecule has 1 nitrogen and oxygen atoms in total. The van der Waals surface area contributed by atoms with E-state index in [0.717, 1.165) is 21.5 Å². The third-order valence-corrected chi connectivity index (χ3v) is 4.58. The third-order valence-electron chi connectivity index (χ3n) is 2.93. The van der Waals surface area contributed by atoms with Crippen molar-refractivity contribution < 1.29 is 4.39 Å². The van der Waals surface area contributed by atoms with E-state index >= 15 is 0 Å². The van der Waals surface area contributed by atoms with Crippen LogP contribution in [0.5, 0.6) is 0 Å². The van der Waals surface area contributed by atoms with Gasteiger partial charge in [-0.1, -0.05) is 59.7 Å². The molecule has 0 aliphatic carbocycles. The smallest absolute Gasteiger partial charge is 0.137 e. The summed E-state index contributed by atoms with van der Waals surface area (Å²) in [5.74, 6) is 0.420. The van der Waals surface area contributed by atoms with Gasteiger partial charge < -0.3 is 5.32 Å². The minimum Gasteiger partial charge on any atom is -0.312 e. The lowest BCUT2D eigenvalue weighted by Crippen LogP contribution is -2.19. The van der Waals surface area contributed by atoms with Crippen LogP contribution in [-0.2, 0) is 6.54 Å². The summed E-state index contributed by atoms with van der Waals surface area (Å²) in [6.45, 7) is 5.94. The number of halogens is 2. The van der Waals surface area contributed by atoms with Crippen LogP contribution in [0.15, 0.2) is 56.7 Å². The Hall–Kier alpha value is -0.840. The highest BCUT2D eigenvalue weighted by atomic mass is 79.9. The van der Waals surface area contributed by atoms with Crippen molar-refractivity contribution in [3.8, 4) is 0 Å². The molecular weight excluding hydrogens is 349 g/mol. The van der Waals surface area contributed by atoms with Gasteiger partial charge in [0, 0.05) is 15.9 Å². The highest BCUT2D eigenvalue weighted by molar-refractivity contribution is 9.10. The van der Waals surface area contributed by atoms with Crippen LogP contribution in [0, 0.1) is 11.7 Å². The lowest BCUT2D eigenvalue weighted by molar-refractivity contribution is 0.543. The Morgan fingerprint density at radius 1 is 1.19 bits per heavy atom. The molecule has 1 N–H and O–H groups in total. The Labute approximate surface area is 138 Å². The van der Waals surface area contributed by atoms with Gasteiger partial charge in [-0.2, -0.15) is 0 Å². The summed E-state index contributed by atoms with van der Waals surface area (Å²) in [5, 5.41) is 3.38. The van der Waals surface area contributed by atoms with Crippen molar-refractivity contribution in [1.29, 1.82) is 0 Å². The Kier molecular flexibility index (Phi) is 6.27. The van der Waals surface area contributed by atoms with Crippen LogP contribution < -0.4 is 5.32 Å². The minimum absolute atomic E-state index is 0.163. The van der Waals surface area contributed by atoms with Gasteiger partial charge in [0.15, 0.2) is 0 Å². The van der Waals surface area contributed by atoms with Crippen LogP contribution in [0.1, 0.15) is 19.4 Å². The SMILES string of the molecule is CC(C)CNCc1cccc(F)c1Sc1cccc(Br)c1. The van der Waals surface area contributed by atoms with Crippen molar-refractivity contribution >= 4 is 27.7 Å². The summed E-state index contributed by atoms with van der Waals surface area (Å²) in [4.78, 5) is 1.73. The molecule has 0 atom stereocenters. The zero-order valence-electron chi connectivity index (χ0n) is 12.2. The first-order valence-corrected chi connectivity index (χ1v) is 8.58. The van der Waals surface area contributed by atoms with Crippen LogP contribution in [0.4, 0.5) is 4.39 Å². The van der Waals surface area contributed by atoms with Crippen molar-refractivity contribution in [1.82, 2.24) is 5.32 Å². The first kappa shape index (κ1) is 16.5. The highest BCUT2D eigenvalue weighted by Crippen LogP contribution is 2.33. The van der Waals surface area contributed by atoms with Crippen LogP contribution >= 0.6 is 27.7 Å². The molecule has 2 aromatic carbocycles. The molecule has 0 fully saturated rings. The molecule has 0 bridgehead atoms. The molecule has 0 spiro atoms. The van der Waals surface area contributed by atoms with Crippen LogP contribution in [0.2, 0.25) is 0 Å². The number of hydrogen-bond acceptors (Lipinski definition) is 2. The second-order valence-corrected chi connectivity index (χ2v) is 7.31. The largest absolute Gasteiger partial charge is 0.312 e. The monoisotopic (exact) mass is 367 g/mol. The molecule has 0 unspecified atom stereocenters. The summed E-state index contributed by atoms with van der Waals surface area (Å²) < 4.78 is 15.2. The van der Waals surface area contributed by atoms with Crippen molar-refractivity contribution in [3.63, 3.8) is 0 Å². The van der Waals surface area contributed by atoms with Crippen LogP contribution in [0.25, 0.3) is 0 Å². The molecule has 4 heteroatoms. The fourth-order valence-electron chi connectivity index (χ4n) is 1.95. The molecule has 0 saturated carbocycles. The van der Waals surface area contributed by atoms with E-state index in [4.69, 9.17) is 0 Å². The number of nitrogens with one attached hydrogen (secondary N) is 1. The molecular formula is C17H19BrFNS. The lowest BCUT2D eigenvalue weighted by Gasteiger charge is -2.12. The Balaban J connectivity index is 2.17. The minimum atomic E-state index is -0.163. The van der Waals surface area contributed by atoms with E-state index in [1.807, 2.05) is 30.3 Å². The second-order valence-electron chi connectivity index (χ2n) is 5.31. The average molecular weight is 368 g/mol. The molecule has 2 aromatic rings. The topological polar surface area (TPSA) is 12.0 Å². The maximum absolute atomic E-state index is 14.2. The van der Waals surface area contributed by atoms with Crippen molar-refractivity contribution in [2.24, 2.45) is 5.92 Å². The van der Waals surface area contributed by atoms with Crippen LogP contribution in [0.3, 0.4) is 0 Å². The summed E-state index contributed by atoms with van der Waals surface area (Å²) in [7, 11) is 0. The molecule has 2 rings (SSSR count). The van der Waals surface area contributed by atoms with Crippen molar-refractivity contribution in [2.45, 2.75) is 30.2 Å². The van der Waals surface area contributed by atoms with E-state index in [0.29, 0.717) is 17.4 Å². The molecule has 0 radical (unpaired) electrons. The first-order chi connectivity index (χ1) is 10.1. The van der Waals surface area contributed by atoms with Gasteiger partial charge in [-0.25, -0.2) is 4.39 Å². The lowest BCUT2D eigenvalue weighted by atomic mass is 10.2. The average Bonchev–Trinajstić information content (AvgIpc) is 2.42. The van der Waals surface area contributed by atoms with Crippen molar-refractivity contribution in [2.75, 3.05) is 6.54 Å². The summed E-state index contributed by atoms with van der Waals surface area (Å²) in [6.07, 6.45) is 0. The van der Waals surface area contributed by atoms with E-state index in [1.54, 1.807) is 6.07 Å². The zero-order chi connectivity index (χ0) is 15.2. The Bertz CT molecular complexity index is 601. The highest BCUT2D eigenvalue weighted by Gasteiger charge is 2.10. The number of benzene rings is 2. The van der Waals surface area contributed by atoms with E-state index < -0.39 is 0 Å². The predicted molar refractivity (Wildman–Crippen MR) is 91.2 cm³/mol. The number of hydrogen-bond donors (Lipinski definition) is 1. The molecule has 112 valence electrons. The van der Waals surface area contributed by atoms with Gasteiger partial charge in [0.2, 0.25) is 0 Å². The third kappa shape index (κ3) is 5.13. The van der Waals surface area contributed by atoms with Crippen molar-refractivity contribution in [3.05, 3.63) is 58.3 Å². The van der Waals surface area contributed by atoms with Gasteiger partial charge in [0.05, 0.1) is 4.90 Å². The van der Waals surface area contributed by atoms with Gasteiger partial charge in [0.25, 0.3) is 0 Å². The van der Waals surface area contributed by atoms with Gasteiger partial charge in [-0.3, -0.25) is 0 Å². The van der Waals surface area contributed by atoms with Crippen LogP contribution in [-0.4, -0.2) is 6.54 Å². The van der Waals surface area contributed by atoms with E-state index in [2.05, 4.69) is 35.1 Å². The quantitative estimate of drug-likeness (QED) is 0.724. The van der Waals surface area contributed by atoms with Gasteiger partial charge in [-0.05, 0) is 42.3 Å². The fourth-order valence-corrected chi connectivity index (χ4v) is 3.51. The first-order valence-electron chi connectivity index (χ1n) is 6.98. The standard InChI is InChI=1S/C17H19BrFNS/c1-12(2)10-20-11-13-5-3-8-16(19)17(13)21-15-7-4-6-14(18)9-15/h3-9,12,20H,10-11H2,1-2H3. The molecule has 0 aliphatic heterocycles. The Morgan fingerprint density at radius 3 is 2.67 bits per heavy atom. The molecule has 0 aliphatic rings. The Morgan fingerprint density at radius 2 is 1.95 bits per heavy atom. The van der Waals surface area contributed by atoms with Gasteiger partial charge in [-0.15, -0.1) is 0 Å². The van der Waals surface area contributed by atoms with E-state index in [9.17, 15) is 4.39 Å². The van der Waals surface area contributed by atoms with E-state index in [1.165, 1.54) is 17.8 Å². The molecule has 21 heavy (non-hydrogen) atoms. The maximum Gasteiger partial charge on any atom is 0.137 e. The normalized spacial score (nSPS) is 11.1. The van der Waals surface area contributed by atoms with Gasteiger partial charge >= 0.3 is 0 Å². The zero-order valence-corrected chi connectivity index (χ0v) is 14.6. The maximum atomic E-state index is 14.2. The molecule has 0 saturated heterocycles. The summed E-state index contributed by atoms with van der Waals surface area (Å²) >= 11 is 4.92. The second kappa shape index (κ2) is 7.97. The van der Waals surface area contributed by atoms with Gasteiger partial charge in [0.1, 0.15) is 5.82 Å². The summed E-state index contributed by atoms with van der Waals surface area (Å²) in [6, 6.07) is 13.2. The summed E-state index contributed by atoms with van der Waals surface area (Å²) in [5.41, 5.74) is 1.00. The molecule has 0 amide bonds.